The van der Waals surface area contributed by atoms with Crippen LogP contribution in [0.2, 0.25) is 0 Å². The average Bonchev–Trinajstić information content (AvgIpc) is 3.17. The molecule has 1 aliphatic rings. The van der Waals surface area contributed by atoms with Gasteiger partial charge < -0.3 is 26.4 Å². The zero-order valence-corrected chi connectivity index (χ0v) is 20.0. The lowest BCUT2D eigenvalue weighted by atomic mass is 10.0. The summed E-state index contributed by atoms with van der Waals surface area (Å²) < 4.78 is 0. The lowest BCUT2D eigenvalue weighted by molar-refractivity contribution is -0.143. The molecule has 31 heavy (non-hydrogen) atoms. The van der Waals surface area contributed by atoms with Crippen LogP contribution in [0.4, 0.5) is 0 Å². The van der Waals surface area contributed by atoms with E-state index in [0.717, 1.165) is 0 Å². The summed E-state index contributed by atoms with van der Waals surface area (Å²) in [6.45, 7) is 7.97. The van der Waals surface area contributed by atoms with Gasteiger partial charge in [-0.15, -0.1) is 0 Å². The van der Waals surface area contributed by atoms with Gasteiger partial charge in [-0.3, -0.25) is 14.4 Å². The Balaban J connectivity index is 2.85. The standard InChI is InChI=1S/C21H38N4O5S/c1-12(2)11-14(22)20(28)25-9-6-7-16(25)18(26)24-17(13(3)4)19(27)23-15(21(29)30)8-10-31-5/h12-17H,6-11,22H2,1-5H3,(H,23,27)(H,24,26)(H,29,30). The van der Waals surface area contributed by atoms with Crippen LogP contribution in [-0.4, -0.2) is 76.4 Å². The highest BCUT2D eigenvalue weighted by molar-refractivity contribution is 7.98. The van der Waals surface area contributed by atoms with Gasteiger partial charge in [0, 0.05) is 6.54 Å². The first-order valence-corrected chi connectivity index (χ1v) is 12.3. The summed E-state index contributed by atoms with van der Waals surface area (Å²) >= 11 is 1.49. The number of hydrogen-bond donors (Lipinski definition) is 4. The first-order chi connectivity index (χ1) is 14.5. The second-order valence-electron chi connectivity index (χ2n) is 8.84. The maximum absolute atomic E-state index is 13.0. The summed E-state index contributed by atoms with van der Waals surface area (Å²) in [5, 5.41) is 14.6. The van der Waals surface area contributed by atoms with E-state index in [0.29, 0.717) is 38.0 Å². The number of carboxylic acids is 1. The van der Waals surface area contributed by atoms with E-state index in [-0.39, 0.29) is 17.7 Å². The molecule has 0 aromatic carbocycles. The predicted octanol–water partition coefficient (Wildman–Crippen LogP) is 0.814. The fourth-order valence-corrected chi connectivity index (χ4v) is 4.14. The number of carbonyl (C=O) groups is 4. The number of nitrogens with two attached hydrogens (primary N) is 1. The van der Waals surface area contributed by atoms with Gasteiger partial charge in [-0.25, -0.2) is 4.79 Å². The van der Waals surface area contributed by atoms with Gasteiger partial charge in [0.1, 0.15) is 18.1 Å². The van der Waals surface area contributed by atoms with Gasteiger partial charge in [-0.2, -0.15) is 11.8 Å². The molecule has 1 fully saturated rings. The minimum absolute atomic E-state index is 0.250. The lowest BCUT2D eigenvalue weighted by Crippen LogP contribution is -2.58. The van der Waals surface area contributed by atoms with Crippen LogP contribution < -0.4 is 16.4 Å². The molecule has 9 nitrogen and oxygen atoms in total. The molecule has 1 rings (SSSR count). The van der Waals surface area contributed by atoms with Gasteiger partial charge in [-0.1, -0.05) is 27.7 Å². The summed E-state index contributed by atoms with van der Waals surface area (Å²) in [6, 6.07) is -3.25. The molecule has 0 radical (unpaired) electrons. The second kappa shape index (κ2) is 12.9. The molecule has 10 heteroatoms. The lowest BCUT2D eigenvalue weighted by Gasteiger charge is -2.30. The fraction of sp³-hybridized carbons (Fsp3) is 0.810. The molecule has 0 aromatic rings. The molecule has 5 N–H and O–H groups in total. The van der Waals surface area contributed by atoms with E-state index in [4.69, 9.17) is 5.73 Å². The van der Waals surface area contributed by atoms with Gasteiger partial charge in [-0.05, 0) is 49.5 Å². The summed E-state index contributed by atoms with van der Waals surface area (Å²) in [7, 11) is 0. The van der Waals surface area contributed by atoms with Crippen molar-refractivity contribution in [3.63, 3.8) is 0 Å². The number of carbonyl (C=O) groups excluding carboxylic acids is 3. The number of amides is 3. The van der Waals surface area contributed by atoms with Crippen molar-refractivity contribution in [2.24, 2.45) is 17.6 Å². The number of carboxylic acid groups (broad SMARTS) is 1. The van der Waals surface area contributed by atoms with E-state index in [1.54, 1.807) is 13.8 Å². The molecular formula is C21H38N4O5S. The Morgan fingerprint density at radius 1 is 1.16 bits per heavy atom. The second-order valence-corrected chi connectivity index (χ2v) is 9.82. The molecule has 3 amide bonds. The number of nitrogens with zero attached hydrogens (tertiary/aromatic N) is 1. The Kier molecular flexibility index (Phi) is 11.3. The normalized spacial score (nSPS) is 19.2. The summed E-state index contributed by atoms with van der Waals surface area (Å²) in [5.74, 6) is -1.71. The molecule has 0 spiro atoms. The third-order valence-corrected chi connectivity index (χ3v) is 6.00. The molecule has 0 aliphatic carbocycles. The highest BCUT2D eigenvalue weighted by Crippen LogP contribution is 2.20. The zero-order valence-electron chi connectivity index (χ0n) is 19.2. The topological polar surface area (TPSA) is 142 Å². The van der Waals surface area contributed by atoms with Crippen LogP contribution in [0, 0.1) is 11.8 Å². The van der Waals surface area contributed by atoms with Crippen molar-refractivity contribution in [2.75, 3.05) is 18.6 Å². The van der Waals surface area contributed by atoms with Gasteiger partial charge in [0.25, 0.3) is 0 Å². The number of aliphatic carboxylic acids is 1. The van der Waals surface area contributed by atoms with E-state index in [9.17, 15) is 24.3 Å². The van der Waals surface area contributed by atoms with E-state index in [1.807, 2.05) is 20.1 Å². The van der Waals surface area contributed by atoms with Crippen LogP contribution in [0.5, 0.6) is 0 Å². The van der Waals surface area contributed by atoms with Crippen molar-refractivity contribution in [3.8, 4) is 0 Å². The highest BCUT2D eigenvalue weighted by Gasteiger charge is 2.38. The van der Waals surface area contributed by atoms with Crippen molar-refractivity contribution < 1.29 is 24.3 Å². The Labute approximate surface area is 189 Å². The first kappa shape index (κ1) is 27.2. The van der Waals surface area contributed by atoms with Crippen LogP contribution in [0.1, 0.15) is 53.4 Å². The molecule has 1 saturated heterocycles. The average molecular weight is 459 g/mol. The number of hydrogen-bond acceptors (Lipinski definition) is 6. The zero-order chi connectivity index (χ0) is 23.7. The van der Waals surface area contributed by atoms with Crippen LogP contribution in [0.3, 0.4) is 0 Å². The Morgan fingerprint density at radius 3 is 2.32 bits per heavy atom. The summed E-state index contributed by atoms with van der Waals surface area (Å²) in [6.07, 6.45) is 3.88. The van der Waals surface area contributed by atoms with Gasteiger partial charge in [0.2, 0.25) is 17.7 Å². The molecule has 0 aromatic heterocycles. The predicted molar refractivity (Wildman–Crippen MR) is 121 cm³/mol. The third kappa shape index (κ3) is 8.33. The SMILES string of the molecule is CSCCC(NC(=O)C(NC(=O)C1CCCN1C(=O)C(N)CC(C)C)C(C)C)C(=O)O. The van der Waals surface area contributed by atoms with E-state index in [2.05, 4.69) is 10.6 Å². The molecular weight excluding hydrogens is 420 g/mol. The Hall–Kier alpha value is -1.81. The molecule has 178 valence electrons. The van der Waals surface area contributed by atoms with Crippen molar-refractivity contribution in [2.45, 2.75) is 77.5 Å². The minimum atomic E-state index is -1.11. The maximum atomic E-state index is 13.0. The number of nitrogens with one attached hydrogen (secondary N) is 2. The van der Waals surface area contributed by atoms with E-state index in [1.165, 1.54) is 16.7 Å². The quantitative estimate of drug-likeness (QED) is 0.339. The largest absolute Gasteiger partial charge is 0.480 e. The van der Waals surface area contributed by atoms with Crippen LogP contribution >= 0.6 is 11.8 Å². The van der Waals surface area contributed by atoms with E-state index >= 15 is 0 Å². The smallest absolute Gasteiger partial charge is 0.326 e. The molecule has 4 atom stereocenters. The Morgan fingerprint density at radius 2 is 1.81 bits per heavy atom. The van der Waals surface area contributed by atoms with Crippen molar-refractivity contribution in [1.29, 1.82) is 0 Å². The van der Waals surface area contributed by atoms with Crippen LogP contribution in [-0.2, 0) is 19.2 Å². The summed E-state index contributed by atoms with van der Waals surface area (Å²) in [4.78, 5) is 51.4. The maximum Gasteiger partial charge on any atom is 0.326 e. The molecule has 4 unspecified atom stereocenters. The van der Waals surface area contributed by atoms with Crippen molar-refractivity contribution in [1.82, 2.24) is 15.5 Å². The Bertz CT molecular complexity index is 643. The van der Waals surface area contributed by atoms with Crippen molar-refractivity contribution >= 4 is 35.5 Å². The molecule has 0 bridgehead atoms. The van der Waals surface area contributed by atoms with Gasteiger partial charge >= 0.3 is 5.97 Å². The molecule has 0 saturated carbocycles. The highest BCUT2D eigenvalue weighted by atomic mass is 32.2. The minimum Gasteiger partial charge on any atom is -0.480 e. The fourth-order valence-electron chi connectivity index (χ4n) is 3.66. The van der Waals surface area contributed by atoms with Gasteiger partial charge in [0.05, 0.1) is 6.04 Å². The van der Waals surface area contributed by atoms with Crippen LogP contribution in [0.15, 0.2) is 0 Å². The van der Waals surface area contributed by atoms with Gasteiger partial charge in [0.15, 0.2) is 0 Å². The van der Waals surface area contributed by atoms with E-state index < -0.39 is 42.0 Å². The van der Waals surface area contributed by atoms with Crippen molar-refractivity contribution in [3.05, 3.63) is 0 Å². The summed E-state index contributed by atoms with van der Waals surface area (Å²) in [5.41, 5.74) is 6.04. The molecule has 1 aliphatic heterocycles. The monoisotopic (exact) mass is 458 g/mol. The molecule has 1 heterocycles. The number of thioether (sulfide) groups is 1. The number of rotatable bonds is 12. The third-order valence-electron chi connectivity index (χ3n) is 5.35. The first-order valence-electron chi connectivity index (χ1n) is 10.9. The van der Waals surface area contributed by atoms with Crippen LogP contribution in [0.25, 0.3) is 0 Å². The number of likely N-dealkylation sites (tertiary alicyclic amines) is 1.